The molecule has 2 aliphatic rings. The number of ketones is 1. The van der Waals surface area contributed by atoms with E-state index < -0.39 is 0 Å². The van der Waals surface area contributed by atoms with Crippen LogP contribution < -0.4 is 14.2 Å². The molecule has 0 saturated heterocycles. The molecular formula is C11H12O6. The third-order valence-electron chi connectivity index (χ3n) is 2.29. The van der Waals surface area contributed by atoms with Gasteiger partial charge in [0, 0.05) is 0 Å². The standard InChI is InChI=1S/C10H10O4.CH2O2/c1-12-8-5-4-6(7(5)11)9(13-2)10(8)14-3;2-1-3/h4H,1-3H3;1H,(H,2,3). The van der Waals surface area contributed by atoms with Crippen molar-refractivity contribution in [3.8, 4) is 17.2 Å². The first-order valence-electron chi connectivity index (χ1n) is 4.61. The van der Waals surface area contributed by atoms with E-state index >= 15 is 0 Å². The van der Waals surface area contributed by atoms with Gasteiger partial charge in [-0.3, -0.25) is 9.59 Å². The lowest BCUT2D eigenvalue weighted by Gasteiger charge is -2.23. The molecule has 6 nitrogen and oxygen atoms in total. The minimum atomic E-state index is -0.250. The second-order valence-electron chi connectivity index (χ2n) is 3.01. The van der Waals surface area contributed by atoms with E-state index in [0.29, 0.717) is 28.4 Å². The number of hydrogen-bond donors (Lipinski definition) is 1. The van der Waals surface area contributed by atoms with Crippen LogP contribution in [0.3, 0.4) is 0 Å². The maximum absolute atomic E-state index is 11.5. The Balaban J connectivity index is 0.000000437. The number of fused-ring (bicyclic) bond motifs is 2. The molecule has 0 spiro atoms. The predicted molar refractivity (Wildman–Crippen MR) is 58.2 cm³/mol. The number of rotatable bonds is 3. The number of benzene rings is 1. The predicted octanol–water partition coefficient (Wildman–Crippen LogP) is 0.958. The summed E-state index contributed by atoms with van der Waals surface area (Å²) in [6, 6.07) is 1.74. The van der Waals surface area contributed by atoms with Crippen molar-refractivity contribution in [3.05, 3.63) is 17.2 Å². The van der Waals surface area contributed by atoms with E-state index in [4.69, 9.17) is 24.1 Å². The second-order valence-corrected chi connectivity index (χ2v) is 3.01. The van der Waals surface area contributed by atoms with Crippen LogP contribution in [0.5, 0.6) is 17.2 Å². The maximum atomic E-state index is 11.5. The van der Waals surface area contributed by atoms with Crippen molar-refractivity contribution < 1.29 is 28.9 Å². The molecule has 1 aromatic carbocycles. The highest BCUT2D eigenvalue weighted by molar-refractivity contribution is 6.21. The molecule has 0 heterocycles. The average molecular weight is 240 g/mol. The lowest BCUT2D eigenvalue weighted by Crippen LogP contribution is -2.17. The topological polar surface area (TPSA) is 82.1 Å². The summed E-state index contributed by atoms with van der Waals surface area (Å²) < 4.78 is 15.3. The fourth-order valence-corrected chi connectivity index (χ4v) is 1.62. The first kappa shape index (κ1) is 12.8. The van der Waals surface area contributed by atoms with Crippen molar-refractivity contribution in [2.45, 2.75) is 0 Å². The molecule has 0 unspecified atom stereocenters. The number of carboxylic acid groups (broad SMARTS) is 1. The number of carbonyl (C=O) groups excluding carboxylic acids is 1. The number of ether oxygens (including phenoxy) is 3. The van der Waals surface area contributed by atoms with Crippen molar-refractivity contribution in [1.82, 2.24) is 0 Å². The Labute approximate surface area is 97.7 Å². The van der Waals surface area contributed by atoms with E-state index in [1.54, 1.807) is 6.07 Å². The van der Waals surface area contributed by atoms with Crippen LogP contribution >= 0.6 is 0 Å². The van der Waals surface area contributed by atoms with Crippen LogP contribution in [-0.4, -0.2) is 38.7 Å². The van der Waals surface area contributed by atoms with E-state index in [9.17, 15) is 4.79 Å². The molecule has 0 saturated carbocycles. The Morgan fingerprint density at radius 3 is 1.59 bits per heavy atom. The summed E-state index contributed by atoms with van der Waals surface area (Å²) in [5.41, 5.74) is 1.11. The first-order chi connectivity index (χ1) is 8.15. The second kappa shape index (κ2) is 5.20. The molecule has 17 heavy (non-hydrogen) atoms. The lowest BCUT2D eigenvalue weighted by molar-refractivity contribution is -0.122. The van der Waals surface area contributed by atoms with Gasteiger partial charge in [0.25, 0.3) is 6.47 Å². The molecule has 0 radical (unpaired) electrons. The van der Waals surface area contributed by atoms with Crippen LogP contribution in [0.2, 0.25) is 0 Å². The SMILES string of the molecule is COc1c2cc(c(OC)c1OC)C2=O.O=CO. The summed E-state index contributed by atoms with van der Waals surface area (Å²) in [6.45, 7) is -0.250. The third kappa shape index (κ3) is 1.89. The van der Waals surface area contributed by atoms with Crippen molar-refractivity contribution in [3.63, 3.8) is 0 Å². The van der Waals surface area contributed by atoms with Crippen LogP contribution in [0, 0.1) is 0 Å². The molecule has 0 aromatic heterocycles. The first-order valence-corrected chi connectivity index (χ1v) is 4.61. The van der Waals surface area contributed by atoms with Gasteiger partial charge in [0.2, 0.25) is 11.5 Å². The summed E-state index contributed by atoms with van der Waals surface area (Å²) in [4.78, 5) is 19.8. The van der Waals surface area contributed by atoms with E-state index in [1.165, 1.54) is 21.3 Å². The fraction of sp³-hybridized carbons (Fsp3) is 0.273. The molecule has 2 bridgehead atoms. The smallest absolute Gasteiger partial charge is 0.290 e. The number of hydrogen-bond acceptors (Lipinski definition) is 5. The van der Waals surface area contributed by atoms with Crippen molar-refractivity contribution >= 4 is 12.3 Å². The maximum Gasteiger partial charge on any atom is 0.290 e. The van der Waals surface area contributed by atoms with Gasteiger partial charge in [-0.2, -0.15) is 0 Å². The minimum absolute atomic E-state index is 0.0421. The van der Waals surface area contributed by atoms with Crippen molar-refractivity contribution in [2.24, 2.45) is 0 Å². The highest BCUT2D eigenvalue weighted by atomic mass is 16.5. The molecule has 0 aliphatic heterocycles. The summed E-state index contributed by atoms with van der Waals surface area (Å²) in [5.74, 6) is 1.34. The van der Waals surface area contributed by atoms with Crippen LogP contribution in [-0.2, 0) is 4.79 Å². The van der Waals surface area contributed by atoms with Crippen molar-refractivity contribution in [2.75, 3.05) is 21.3 Å². The van der Waals surface area contributed by atoms with Gasteiger partial charge in [0.15, 0.2) is 11.5 Å². The van der Waals surface area contributed by atoms with Crippen LogP contribution in [0.25, 0.3) is 0 Å². The third-order valence-corrected chi connectivity index (χ3v) is 2.29. The molecule has 2 aliphatic carbocycles. The zero-order chi connectivity index (χ0) is 13.0. The minimum Gasteiger partial charge on any atom is -0.492 e. The van der Waals surface area contributed by atoms with Gasteiger partial charge in [-0.15, -0.1) is 0 Å². The Hall–Kier alpha value is -2.24. The summed E-state index contributed by atoms with van der Waals surface area (Å²) in [7, 11) is 4.52. The molecule has 3 rings (SSSR count). The molecule has 6 heteroatoms. The monoisotopic (exact) mass is 240 g/mol. The van der Waals surface area contributed by atoms with Gasteiger partial charge in [-0.25, -0.2) is 0 Å². The average Bonchev–Trinajstić information content (AvgIpc) is 2.36. The fourth-order valence-electron chi connectivity index (χ4n) is 1.62. The summed E-state index contributed by atoms with van der Waals surface area (Å²) in [5, 5.41) is 6.89. The normalized spacial score (nSPS) is 10.6. The van der Waals surface area contributed by atoms with E-state index in [1.807, 2.05) is 0 Å². The molecule has 0 atom stereocenters. The molecule has 92 valence electrons. The van der Waals surface area contributed by atoms with Gasteiger partial charge < -0.3 is 19.3 Å². The van der Waals surface area contributed by atoms with Crippen LogP contribution in [0.4, 0.5) is 0 Å². The zero-order valence-electron chi connectivity index (χ0n) is 9.64. The zero-order valence-corrected chi connectivity index (χ0v) is 9.64. The van der Waals surface area contributed by atoms with E-state index in [0.717, 1.165) is 0 Å². The summed E-state index contributed by atoms with van der Waals surface area (Å²) in [6.07, 6.45) is 0. The van der Waals surface area contributed by atoms with E-state index in [-0.39, 0.29) is 12.3 Å². The van der Waals surface area contributed by atoms with Crippen molar-refractivity contribution in [1.29, 1.82) is 0 Å². The highest BCUT2D eigenvalue weighted by Crippen LogP contribution is 2.49. The van der Waals surface area contributed by atoms with Gasteiger partial charge in [-0.1, -0.05) is 0 Å². The Morgan fingerprint density at radius 2 is 1.35 bits per heavy atom. The molecule has 1 N–H and O–H groups in total. The number of carbonyl (C=O) groups is 2. The van der Waals surface area contributed by atoms with Gasteiger partial charge in [-0.05, 0) is 6.07 Å². The highest BCUT2D eigenvalue weighted by Gasteiger charge is 2.35. The molecular weight excluding hydrogens is 228 g/mol. The van der Waals surface area contributed by atoms with Gasteiger partial charge >= 0.3 is 0 Å². The number of methoxy groups -OCH3 is 3. The van der Waals surface area contributed by atoms with E-state index in [2.05, 4.69) is 0 Å². The Bertz CT molecular complexity index is 420. The van der Waals surface area contributed by atoms with Gasteiger partial charge in [0.1, 0.15) is 0 Å². The molecule has 0 amide bonds. The van der Waals surface area contributed by atoms with Crippen LogP contribution in [0.1, 0.15) is 15.9 Å². The quantitative estimate of drug-likeness (QED) is 0.804. The Kier molecular flexibility index (Phi) is 3.92. The molecule has 0 fully saturated rings. The Morgan fingerprint density at radius 1 is 1.00 bits per heavy atom. The largest absolute Gasteiger partial charge is 0.492 e. The van der Waals surface area contributed by atoms with Gasteiger partial charge in [0.05, 0.1) is 32.5 Å². The van der Waals surface area contributed by atoms with Crippen LogP contribution in [0.15, 0.2) is 6.07 Å². The summed E-state index contributed by atoms with van der Waals surface area (Å²) >= 11 is 0. The lowest BCUT2D eigenvalue weighted by atomic mass is 9.88. The molecule has 1 aromatic rings.